The van der Waals surface area contributed by atoms with Crippen molar-refractivity contribution in [2.24, 2.45) is 0 Å². The molecule has 8 heteroatoms. The van der Waals surface area contributed by atoms with Crippen molar-refractivity contribution in [1.29, 1.82) is 0 Å². The normalized spacial score (nSPS) is 10.7. The van der Waals surface area contributed by atoms with Crippen molar-refractivity contribution in [3.05, 3.63) is 58.4 Å². The van der Waals surface area contributed by atoms with Gasteiger partial charge in [0.15, 0.2) is 5.78 Å². The number of pyridine rings is 1. The molecule has 7 nitrogen and oxygen atoms in total. The summed E-state index contributed by atoms with van der Waals surface area (Å²) in [7, 11) is 3.13. The van der Waals surface area contributed by atoms with Crippen LogP contribution < -0.4 is 15.0 Å². The molecule has 3 rings (SSSR count). The van der Waals surface area contributed by atoms with E-state index in [0.717, 1.165) is 5.56 Å². The Hall–Kier alpha value is -2.74. The number of hydrogen-bond acceptors (Lipinski definition) is 6. The molecule has 0 aliphatic heterocycles. The molecule has 0 atom stereocenters. The van der Waals surface area contributed by atoms with Crippen LogP contribution in [0.3, 0.4) is 0 Å². The van der Waals surface area contributed by atoms with Crippen LogP contribution in [0.4, 0.5) is 0 Å². The molecule has 0 saturated carbocycles. The number of Topliss-reactive ketones (excluding diaryl/α,β-unsaturated/α-hetero) is 1. The highest BCUT2D eigenvalue weighted by Gasteiger charge is 2.15. The molecule has 1 aromatic carbocycles. The zero-order valence-corrected chi connectivity index (χ0v) is 15.8. The van der Waals surface area contributed by atoms with Crippen molar-refractivity contribution >= 4 is 32.6 Å². The summed E-state index contributed by atoms with van der Waals surface area (Å²) in [5, 5.41) is 0.465. The lowest BCUT2D eigenvalue weighted by molar-refractivity contribution is 0.102. The first-order valence-electron chi connectivity index (χ1n) is 7.73. The molecule has 134 valence electrons. The number of nitrogens with zero attached hydrogens (tertiary/aromatic N) is 3. The van der Waals surface area contributed by atoms with E-state index in [9.17, 15) is 9.59 Å². The summed E-state index contributed by atoms with van der Waals surface area (Å²) in [5.41, 5.74) is 1.05. The molecule has 0 bridgehead atoms. The van der Waals surface area contributed by atoms with Crippen molar-refractivity contribution in [3.8, 4) is 11.5 Å². The van der Waals surface area contributed by atoms with Gasteiger partial charge in [-0.1, -0.05) is 15.9 Å². The van der Waals surface area contributed by atoms with Gasteiger partial charge in [0.2, 0.25) is 0 Å². The molecule has 0 N–H and O–H groups in total. The van der Waals surface area contributed by atoms with Crippen molar-refractivity contribution in [2.45, 2.75) is 6.54 Å². The summed E-state index contributed by atoms with van der Waals surface area (Å²) < 4.78 is 12.0. The third-order valence-corrected chi connectivity index (χ3v) is 4.47. The number of aromatic nitrogens is 3. The monoisotopic (exact) mass is 417 g/mol. The Morgan fingerprint density at radius 3 is 2.69 bits per heavy atom. The zero-order valence-electron chi connectivity index (χ0n) is 14.2. The SMILES string of the molecule is COc1ccc(Cn2cnc3c(C(=O)CBr)nccc3c2=O)c(OC)c1. The van der Waals surface area contributed by atoms with Crippen LogP contribution >= 0.6 is 15.9 Å². The number of ketones is 1. The zero-order chi connectivity index (χ0) is 18.7. The molecule has 0 saturated heterocycles. The molecule has 0 aliphatic rings. The maximum Gasteiger partial charge on any atom is 0.261 e. The number of methoxy groups -OCH3 is 2. The molecule has 0 fully saturated rings. The first-order valence-corrected chi connectivity index (χ1v) is 8.85. The van der Waals surface area contributed by atoms with Crippen LogP contribution in [-0.4, -0.2) is 39.9 Å². The van der Waals surface area contributed by atoms with Crippen LogP contribution in [0, 0.1) is 0 Å². The van der Waals surface area contributed by atoms with Gasteiger partial charge in [-0.15, -0.1) is 0 Å². The van der Waals surface area contributed by atoms with Crippen molar-refractivity contribution in [2.75, 3.05) is 19.5 Å². The highest BCUT2D eigenvalue weighted by atomic mass is 79.9. The standard InChI is InChI=1S/C18H16BrN3O4/c1-25-12-4-3-11(15(7-12)26-2)9-22-10-21-16-13(18(22)24)5-6-20-17(16)14(23)8-19/h3-7,10H,8-9H2,1-2H3. The summed E-state index contributed by atoms with van der Waals surface area (Å²) in [6.45, 7) is 0.277. The first-order chi connectivity index (χ1) is 12.6. The summed E-state index contributed by atoms with van der Waals surface area (Å²) in [6.07, 6.45) is 2.86. The molecule has 2 aromatic heterocycles. The third-order valence-electron chi connectivity index (χ3n) is 3.96. The topological polar surface area (TPSA) is 83.3 Å². The fourth-order valence-corrected chi connectivity index (χ4v) is 2.90. The highest BCUT2D eigenvalue weighted by molar-refractivity contribution is 9.09. The number of carbonyl (C=O) groups excluding carboxylic acids is 1. The number of alkyl halides is 1. The van der Waals surface area contributed by atoms with E-state index in [2.05, 4.69) is 25.9 Å². The smallest absolute Gasteiger partial charge is 0.261 e. The van der Waals surface area contributed by atoms with Gasteiger partial charge in [0, 0.05) is 17.8 Å². The van der Waals surface area contributed by atoms with Gasteiger partial charge in [0.05, 0.1) is 37.8 Å². The quantitative estimate of drug-likeness (QED) is 0.452. The van der Waals surface area contributed by atoms with E-state index in [1.807, 2.05) is 6.07 Å². The highest BCUT2D eigenvalue weighted by Crippen LogP contribution is 2.25. The minimum atomic E-state index is -0.251. The number of halogens is 1. The molecular formula is C18H16BrN3O4. The molecule has 3 aromatic rings. The van der Waals surface area contributed by atoms with Gasteiger partial charge in [-0.25, -0.2) is 4.98 Å². The molecule has 2 heterocycles. The van der Waals surface area contributed by atoms with Gasteiger partial charge < -0.3 is 9.47 Å². The Kier molecular flexibility index (Phi) is 5.32. The summed E-state index contributed by atoms with van der Waals surface area (Å²) in [6, 6.07) is 6.96. The Morgan fingerprint density at radius 2 is 2.00 bits per heavy atom. The van der Waals surface area contributed by atoms with Crippen LogP contribution in [0.25, 0.3) is 10.9 Å². The maximum atomic E-state index is 12.8. The molecule has 26 heavy (non-hydrogen) atoms. The summed E-state index contributed by atoms with van der Waals surface area (Å²) in [5.74, 6) is 1.05. The van der Waals surface area contributed by atoms with Gasteiger partial charge in [0.1, 0.15) is 22.7 Å². The molecule has 0 unspecified atom stereocenters. The second-order valence-corrected chi connectivity index (χ2v) is 6.03. The van der Waals surface area contributed by atoms with E-state index in [4.69, 9.17) is 9.47 Å². The van der Waals surface area contributed by atoms with E-state index >= 15 is 0 Å². The van der Waals surface area contributed by atoms with Crippen LogP contribution in [0.5, 0.6) is 11.5 Å². The van der Waals surface area contributed by atoms with E-state index in [0.29, 0.717) is 22.4 Å². The van der Waals surface area contributed by atoms with Gasteiger partial charge in [-0.05, 0) is 18.2 Å². The minimum absolute atomic E-state index is 0.118. The number of rotatable bonds is 6. The van der Waals surface area contributed by atoms with Crippen LogP contribution in [-0.2, 0) is 6.54 Å². The van der Waals surface area contributed by atoms with Gasteiger partial charge in [-0.2, -0.15) is 0 Å². The lowest BCUT2D eigenvalue weighted by Gasteiger charge is -2.12. The Bertz CT molecular complexity index is 1030. The largest absolute Gasteiger partial charge is 0.497 e. The van der Waals surface area contributed by atoms with Gasteiger partial charge in [-0.3, -0.25) is 19.1 Å². The Balaban J connectivity index is 2.06. The number of fused-ring (bicyclic) bond motifs is 1. The molecule has 0 spiro atoms. The fourth-order valence-electron chi connectivity index (χ4n) is 2.64. The lowest BCUT2D eigenvalue weighted by atomic mass is 10.1. The Labute approximate surface area is 157 Å². The van der Waals surface area contributed by atoms with E-state index in [1.54, 1.807) is 32.4 Å². The number of hydrogen-bond donors (Lipinski definition) is 0. The number of benzene rings is 1. The van der Waals surface area contributed by atoms with Crippen LogP contribution in [0.15, 0.2) is 41.6 Å². The predicted octanol–water partition coefficient (Wildman–Crippen LogP) is 2.43. The summed E-state index contributed by atoms with van der Waals surface area (Å²) >= 11 is 3.12. The van der Waals surface area contributed by atoms with E-state index in [1.165, 1.54) is 17.1 Å². The second-order valence-electron chi connectivity index (χ2n) is 5.47. The third kappa shape index (κ3) is 3.32. The van der Waals surface area contributed by atoms with Crippen molar-refractivity contribution in [3.63, 3.8) is 0 Å². The van der Waals surface area contributed by atoms with Gasteiger partial charge in [0.25, 0.3) is 5.56 Å². The van der Waals surface area contributed by atoms with Gasteiger partial charge >= 0.3 is 0 Å². The fraction of sp³-hybridized carbons (Fsp3) is 0.222. The Morgan fingerprint density at radius 1 is 1.19 bits per heavy atom. The van der Waals surface area contributed by atoms with Crippen molar-refractivity contribution in [1.82, 2.24) is 14.5 Å². The molecule has 0 radical (unpaired) electrons. The lowest BCUT2D eigenvalue weighted by Crippen LogP contribution is -2.22. The number of carbonyl (C=O) groups is 1. The maximum absolute atomic E-state index is 12.8. The molecule has 0 amide bonds. The average Bonchev–Trinajstić information content (AvgIpc) is 2.69. The predicted molar refractivity (Wildman–Crippen MR) is 101 cm³/mol. The van der Waals surface area contributed by atoms with Crippen molar-refractivity contribution < 1.29 is 14.3 Å². The average molecular weight is 418 g/mol. The number of ether oxygens (including phenoxy) is 2. The first kappa shape index (κ1) is 18.1. The minimum Gasteiger partial charge on any atom is -0.497 e. The van der Waals surface area contributed by atoms with E-state index < -0.39 is 0 Å². The van der Waals surface area contributed by atoms with Crippen LogP contribution in [0.2, 0.25) is 0 Å². The van der Waals surface area contributed by atoms with Crippen LogP contribution in [0.1, 0.15) is 16.1 Å². The molecular weight excluding hydrogens is 402 g/mol. The van der Waals surface area contributed by atoms with E-state index in [-0.39, 0.29) is 28.9 Å². The second kappa shape index (κ2) is 7.65. The molecule has 0 aliphatic carbocycles. The summed E-state index contributed by atoms with van der Waals surface area (Å²) in [4.78, 5) is 33.1.